The van der Waals surface area contributed by atoms with E-state index in [1.165, 1.54) is 0 Å². The van der Waals surface area contributed by atoms with Crippen LogP contribution in [0.15, 0.2) is 29.3 Å². The standard InChI is InChI=1S/C20H32N4O2.HI/c1-15(2)9-10-22-20(21-3)24-13-16-6-4-7-17(12-16)19(25)23-14-18-8-5-11-26-18;/h4,6-7,12,15,18H,5,8-11,13-14H2,1-3H3,(H,23,25)(H2,21,22,24);1H. The molecule has 0 bridgehead atoms. The van der Waals surface area contributed by atoms with Gasteiger partial charge in [-0.2, -0.15) is 0 Å². The number of carbonyl (C=O) groups excluding carboxylic acids is 1. The highest BCUT2D eigenvalue weighted by Gasteiger charge is 2.16. The van der Waals surface area contributed by atoms with Crippen LogP contribution in [0.5, 0.6) is 0 Å². The third kappa shape index (κ3) is 8.92. The van der Waals surface area contributed by atoms with E-state index in [0.29, 0.717) is 24.6 Å². The van der Waals surface area contributed by atoms with E-state index in [4.69, 9.17) is 4.74 Å². The first-order valence-corrected chi connectivity index (χ1v) is 9.51. The average molecular weight is 488 g/mol. The van der Waals surface area contributed by atoms with Gasteiger partial charge in [-0.3, -0.25) is 9.79 Å². The lowest BCUT2D eigenvalue weighted by Crippen LogP contribution is -2.37. The van der Waals surface area contributed by atoms with Gasteiger partial charge in [0, 0.05) is 38.9 Å². The Morgan fingerprint density at radius 3 is 2.78 bits per heavy atom. The van der Waals surface area contributed by atoms with Gasteiger partial charge in [-0.05, 0) is 42.9 Å². The molecule has 1 saturated heterocycles. The van der Waals surface area contributed by atoms with E-state index in [1.807, 2.05) is 24.3 Å². The van der Waals surface area contributed by atoms with Crippen LogP contribution in [0.3, 0.4) is 0 Å². The summed E-state index contributed by atoms with van der Waals surface area (Å²) < 4.78 is 5.54. The van der Waals surface area contributed by atoms with Crippen LogP contribution >= 0.6 is 24.0 Å². The highest BCUT2D eigenvalue weighted by molar-refractivity contribution is 14.0. The number of ether oxygens (including phenoxy) is 1. The Labute approximate surface area is 179 Å². The largest absolute Gasteiger partial charge is 0.376 e. The molecule has 0 spiro atoms. The summed E-state index contributed by atoms with van der Waals surface area (Å²) in [5.74, 6) is 1.38. The molecule has 0 radical (unpaired) electrons. The fraction of sp³-hybridized carbons (Fsp3) is 0.600. The summed E-state index contributed by atoms with van der Waals surface area (Å²) in [4.78, 5) is 16.6. The summed E-state index contributed by atoms with van der Waals surface area (Å²) in [6, 6.07) is 7.67. The number of hydrogen-bond donors (Lipinski definition) is 3. The van der Waals surface area contributed by atoms with Crippen molar-refractivity contribution in [3.63, 3.8) is 0 Å². The van der Waals surface area contributed by atoms with Gasteiger partial charge >= 0.3 is 0 Å². The predicted molar refractivity (Wildman–Crippen MR) is 121 cm³/mol. The van der Waals surface area contributed by atoms with E-state index < -0.39 is 0 Å². The molecular formula is C20H33IN4O2. The molecule has 1 aliphatic rings. The smallest absolute Gasteiger partial charge is 0.251 e. The van der Waals surface area contributed by atoms with E-state index in [0.717, 1.165) is 43.9 Å². The first kappa shape index (κ1) is 23.7. The highest BCUT2D eigenvalue weighted by Crippen LogP contribution is 2.11. The van der Waals surface area contributed by atoms with Gasteiger partial charge in [-0.1, -0.05) is 26.0 Å². The maximum atomic E-state index is 12.3. The number of amides is 1. The lowest BCUT2D eigenvalue weighted by molar-refractivity contribution is 0.0857. The van der Waals surface area contributed by atoms with Crippen LogP contribution in [0.4, 0.5) is 0 Å². The van der Waals surface area contributed by atoms with Gasteiger partial charge in [0.25, 0.3) is 5.91 Å². The zero-order valence-electron chi connectivity index (χ0n) is 16.6. The summed E-state index contributed by atoms with van der Waals surface area (Å²) in [5.41, 5.74) is 1.71. The van der Waals surface area contributed by atoms with E-state index in [-0.39, 0.29) is 36.0 Å². The van der Waals surface area contributed by atoms with Gasteiger partial charge < -0.3 is 20.7 Å². The normalized spacial score (nSPS) is 16.7. The van der Waals surface area contributed by atoms with Crippen molar-refractivity contribution in [1.29, 1.82) is 0 Å². The topological polar surface area (TPSA) is 74.8 Å². The Bertz CT molecular complexity index is 601. The van der Waals surface area contributed by atoms with Gasteiger partial charge in [0.2, 0.25) is 0 Å². The molecule has 7 heteroatoms. The SMILES string of the molecule is CN=C(NCCC(C)C)NCc1cccc(C(=O)NCC2CCCO2)c1.I. The second kappa shape index (κ2) is 12.9. The van der Waals surface area contributed by atoms with Crippen molar-refractivity contribution >= 4 is 35.8 Å². The number of nitrogens with one attached hydrogen (secondary N) is 3. The summed E-state index contributed by atoms with van der Waals surface area (Å²) in [5, 5.41) is 9.56. The van der Waals surface area contributed by atoms with Crippen molar-refractivity contribution in [3.05, 3.63) is 35.4 Å². The number of benzene rings is 1. The van der Waals surface area contributed by atoms with E-state index in [1.54, 1.807) is 7.05 Å². The molecule has 0 saturated carbocycles. The molecule has 1 fully saturated rings. The zero-order chi connectivity index (χ0) is 18.8. The number of guanidine groups is 1. The monoisotopic (exact) mass is 488 g/mol. The van der Waals surface area contributed by atoms with Gasteiger partial charge in [0.1, 0.15) is 0 Å². The number of halogens is 1. The Morgan fingerprint density at radius 1 is 1.30 bits per heavy atom. The Kier molecular flexibility index (Phi) is 11.3. The lowest BCUT2D eigenvalue weighted by Gasteiger charge is -2.14. The first-order chi connectivity index (χ1) is 12.6. The Balaban J connectivity index is 0.00000364. The zero-order valence-corrected chi connectivity index (χ0v) is 18.9. The summed E-state index contributed by atoms with van der Waals surface area (Å²) in [6.07, 6.45) is 3.35. The van der Waals surface area contributed by atoms with Crippen LogP contribution in [0.25, 0.3) is 0 Å². The van der Waals surface area contributed by atoms with Crippen LogP contribution in [-0.4, -0.2) is 44.7 Å². The Morgan fingerprint density at radius 2 is 2.11 bits per heavy atom. The third-order valence-electron chi connectivity index (χ3n) is 4.40. The highest BCUT2D eigenvalue weighted by atomic mass is 127. The number of aliphatic imine (C=N–C) groups is 1. The third-order valence-corrected chi connectivity index (χ3v) is 4.40. The molecule has 1 heterocycles. The molecule has 1 aliphatic heterocycles. The second-order valence-corrected chi connectivity index (χ2v) is 7.08. The number of rotatable bonds is 8. The molecule has 0 aromatic heterocycles. The molecule has 27 heavy (non-hydrogen) atoms. The van der Waals surface area contributed by atoms with Gasteiger partial charge in [0.05, 0.1) is 6.10 Å². The molecule has 1 aromatic carbocycles. The molecule has 1 atom stereocenters. The minimum absolute atomic E-state index is 0. The summed E-state index contributed by atoms with van der Waals surface area (Å²) in [6.45, 7) is 7.29. The van der Waals surface area contributed by atoms with Gasteiger partial charge in [-0.15, -0.1) is 24.0 Å². The number of nitrogens with zero attached hydrogens (tertiary/aromatic N) is 1. The maximum Gasteiger partial charge on any atom is 0.251 e. The molecule has 0 aliphatic carbocycles. The fourth-order valence-corrected chi connectivity index (χ4v) is 2.82. The average Bonchev–Trinajstić information content (AvgIpc) is 3.16. The minimum Gasteiger partial charge on any atom is -0.376 e. The molecule has 6 nitrogen and oxygen atoms in total. The maximum absolute atomic E-state index is 12.3. The van der Waals surface area contributed by atoms with Crippen molar-refractivity contribution in [2.75, 3.05) is 26.7 Å². The van der Waals surface area contributed by atoms with Crippen LogP contribution < -0.4 is 16.0 Å². The lowest BCUT2D eigenvalue weighted by atomic mass is 10.1. The molecule has 2 rings (SSSR count). The fourth-order valence-electron chi connectivity index (χ4n) is 2.82. The molecule has 1 unspecified atom stereocenters. The number of carbonyl (C=O) groups is 1. The second-order valence-electron chi connectivity index (χ2n) is 7.08. The molecule has 3 N–H and O–H groups in total. The van der Waals surface area contributed by atoms with Crippen molar-refractivity contribution in [3.8, 4) is 0 Å². The van der Waals surface area contributed by atoms with Crippen molar-refractivity contribution in [2.24, 2.45) is 10.9 Å². The van der Waals surface area contributed by atoms with Gasteiger partial charge in [-0.25, -0.2) is 0 Å². The molecule has 152 valence electrons. The van der Waals surface area contributed by atoms with Gasteiger partial charge in [0.15, 0.2) is 5.96 Å². The Hall–Kier alpha value is -1.35. The van der Waals surface area contributed by atoms with E-state index in [2.05, 4.69) is 34.8 Å². The van der Waals surface area contributed by atoms with E-state index >= 15 is 0 Å². The van der Waals surface area contributed by atoms with Crippen LogP contribution in [0, 0.1) is 5.92 Å². The summed E-state index contributed by atoms with van der Waals surface area (Å²) >= 11 is 0. The van der Waals surface area contributed by atoms with Crippen LogP contribution in [0.2, 0.25) is 0 Å². The van der Waals surface area contributed by atoms with Crippen LogP contribution in [0.1, 0.15) is 49.0 Å². The predicted octanol–water partition coefficient (Wildman–Crippen LogP) is 2.92. The molecule has 1 aromatic rings. The summed E-state index contributed by atoms with van der Waals surface area (Å²) in [7, 11) is 1.76. The molecule has 1 amide bonds. The van der Waals surface area contributed by atoms with Crippen LogP contribution in [-0.2, 0) is 11.3 Å². The minimum atomic E-state index is -0.0539. The van der Waals surface area contributed by atoms with E-state index in [9.17, 15) is 4.79 Å². The van der Waals surface area contributed by atoms with Crippen molar-refractivity contribution < 1.29 is 9.53 Å². The molecular weight excluding hydrogens is 455 g/mol. The number of hydrogen-bond acceptors (Lipinski definition) is 3. The van der Waals surface area contributed by atoms with Crippen molar-refractivity contribution in [2.45, 2.75) is 45.8 Å². The quantitative estimate of drug-likeness (QED) is 0.299. The first-order valence-electron chi connectivity index (χ1n) is 9.51. The van der Waals surface area contributed by atoms with Crippen molar-refractivity contribution in [1.82, 2.24) is 16.0 Å².